The van der Waals surface area contributed by atoms with E-state index < -0.39 is 5.41 Å². The summed E-state index contributed by atoms with van der Waals surface area (Å²) in [6, 6.07) is 7.45. The van der Waals surface area contributed by atoms with Crippen LogP contribution in [0.15, 0.2) is 29.0 Å². The standard InChI is InChI=1S/C23H26BrN7O3/c1-23(21(32)26-2)5-4-15(11-23)28-22-27-13-18-19(24)30-31(20(18)29-22)16-8-14(12-25)9-17(10-16)34-7-6-33-3/h8-10,13,15H,4-7,11H2,1-3H3,(H,26,32)(H,27,28,29)/t15-,23-/m1/s1. The SMILES string of the molecule is CNC(=O)[C@]1(C)CC[C@@H](Nc2ncc3c(Br)nn(-c4cc(C#N)cc(OCCOC)c4)c3n2)C1. The molecule has 0 spiro atoms. The third-order valence-corrected chi connectivity index (χ3v) is 6.64. The Hall–Kier alpha value is -3.23. The molecule has 34 heavy (non-hydrogen) atoms. The highest BCUT2D eigenvalue weighted by molar-refractivity contribution is 9.10. The molecule has 2 atom stereocenters. The molecule has 2 N–H and O–H groups in total. The van der Waals surface area contributed by atoms with Gasteiger partial charge >= 0.3 is 0 Å². The summed E-state index contributed by atoms with van der Waals surface area (Å²) in [7, 11) is 3.27. The van der Waals surface area contributed by atoms with E-state index in [1.807, 2.05) is 6.92 Å². The second-order valence-corrected chi connectivity index (χ2v) is 9.28. The van der Waals surface area contributed by atoms with Crippen LogP contribution >= 0.6 is 15.9 Å². The molecule has 1 fully saturated rings. The van der Waals surface area contributed by atoms with Crippen molar-refractivity contribution in [2.45, 2.75) is 32.2 Å². The van der Waals surface area contributed by atoms with Gasteiger partial charge in [-0.25, -0.2) is 9.67 Å². The van der Waals surface area contributed by atoms with Gasteiger partial charge in [0.05, 0.1) is 29.3 Å². The number of hydrogen-bond acceptors (Lipinski definition) is 8. The van der Waals surface area contributed by atoms with Crippen LogP contribution in [0.4, 0.5) is 5.95 Å². The number of nitriles is 1. The summed E-state index contributed by atoms with van der Waals surface area (Å²) in [4.78, 5) is 21.4. The number of hydrogen-bond donors (Lipinski definition) is 2. The Balaban J connectivity index is 1.64. The minimum Gasteiger partial charge on any atom is -0.491 e. The highest BCUT2D eigenvalue weighted by Crippen LogP contribution is 2.39. The van der Waals surface area contributed by atoms with Crippen LogP contribution in [0.3, 0.4) is 0 Å². The fourth-order valence-corrected chi connectivity index (χ4v) is 4.71. The Morgan fingerprint density at radius 1 is 1.38 bits per heavy atom. The van der Waals surface area contributed by atoms with Crippen molar-refractivity contribution < 1.29 is 14.3 Å². The van der Waals surface area contributed by atoms with Crippen molar-refractivity contribution in [1.82, 2.24) is 25.1 Å². The summed E-state index contributed by atoms with van der Waals surface area (Å²) in [6.45, 7) is 2.78. The van der Waals surface area contributed by atoms with Crippen molar-refractivity contribution in [2.75, 3.05) is 32.7 Å². The fourth-order valence-electron chi connectivity index (χ4n) is 4.27. The van der Waals surface area contributed by atoms with Crippen molar-refractivity contribution in [1.29, 1.82) is 5.26 Å². The molecular weight excluding hydrogens is 502 g/mol. The van der Waals surface area contributed by atoms with Crippen LogP contribution < -0.4 is 15.4 Å². The minimum atomic E-state index is -0.404. The number of ether oxygens (including phenoxy) is 2. The smallest absolute Gasteiger partial charge is 0.225 e. The molecule has 0 unspecified atom stereocenters. The van der Waals surface area contributed by atoms with Crippen LogP contribution in [0.1, 0.15) is 31.7 Å². The molecule has 1 aliphatic rings. The number of amides is 1. The van der Waals surface area contributed by atoms with Gasteiger partial charge < -0.3 is 20.1 Å². The number of anilines is 1. The Morgan fingerprint density at radius 3 is 2.94 bits per heavy atom. The highest BCUT2D eigenvalue weighted by Gasteiger charge is 2.40. The van der Waals surface area contributed by atoms with E-state index in [0.29, 0.717) is 52.8 Å². The predicted octanol–water partition coefficient (Wildman–Crippen LogP) is 3.19. The first-order valence-electron chi connectivity index (χ1n) is 10.9. The zero-order valence-electron chi connectivity index (χ0n) is 19.3. The summed E-state index contributed by atoms with van der Waals surface area (Å²) in [5.74, 6) is 1.05. The van der Waals surface area contributed by atoms with Gasteiger partial charge in [-0.05, 0) is 47.3 Å². The first-order chi connectivity index (χ1) is 16.4. The lowest BCUT2D eigenvalue weighted by atomic mass is 9.87. The molecule has 1 aliphatic carbocycles. The summed E-state index contributed by atoms with van der Waals surface area (Å²) in [5, 5.41) is 20.9. The lowest BCUT2D eigenvalue weighted by molar-refractivity contribution is -0.129. The molecule has 178 valence electrons. The van der Waals surface area contributed by atoms with Crippen molar-refractivity contribution in [3.8, 4) is 17.5 Å². The second kappa shape index (κ2) is 9.95. The van der Waals surface area contributed by atoms with E-state index in [0.717, 1.165) is 18.2 Å². The lowest BCUT2D eigenvalue weighted by Gasteiger charge is -2.22. The molecule has 3 aromatic rings. The lowest BCUT2D eigenvalue weighted by Crippen LogP contribution is -2.35. The van der Waals surface area contributed by atoms with E-state index in [1.54, 1.807) is 43.2 Å². The van der Waals surface area contributed by atoms with Gasteiger partial charge in [0.15, 0.2) is 5.65 Å². The second-order valence-electron chi connectivity index (χ2n) is 8.53. The van der Waals surface area contributed by atoms with Crippen LogP contribution in [-0.4, -0.2) is 59.1 Å². The molecule has 2 aromatic heterocycles. The zero-order chi connectivity index (χ0) is 24.3. The maximum absolute atomic E-state index is 12.2. The average molecular weight is 528 g/mol. The molecule has 2 heterocycles. The van der Waals surface area contributed by atoms with Crippen LogP contribution in [-0.2, 0) is 9.53 Å². The van der Waals surface area contributed by atoms with E-state index in [2.05, 4.69) is 42.7 Å². The fraction of sp³-hybridized carbons (Fsp3) is 0.435. The Bertz CT molecular complexity index is 1260. The normalized spacial score (nSPS) is 19.7. The minimum absolute atomic E-state index is 0.0519. The van der Waals surface area contributed by atoms with Crippen LogP contribution in [0.25, 0.3) is 16.7 Å². The topological polar surface area (TPSA) is 127 Å². The first kappa shape index (κ1) is 23.9. The third-order valence-electron chi connectivity index (χ3n) is 6.05. The summed E-state index contributed by atoms with van der Waals surface area (Å²) in [6.07, 6.45) is 4.04. The van der Waals surface area contributed by atoms with Crippen molar-refractivity contribution in [3.63, 3.8) is 0 Å². The molecule has 0 saturated heterocycles. The molecule has 1 saturated carbocycles. The Labute approximate surface area is 205 Å². The van der Waals surface area contributed by atoms with E-state index in [9.17, 15) is 10.1 Å². The summed E-state index contributed by atoms with van der Waals surface area (Å²) < 4.78 is 13.0. The van der Waals surface area contributed by atoms with Crippen molar-refractivity contribution >= 4 is 38.8 Å². The summed E-state index contributed by atoms with van der Waals surface area (Å²) >= 11 is 3.48. The van der Waals surface area contributed by atoms with Gasteiger partial charge in [0.25, 0.3) is 0 Å². The molecule has 1 amide bonds. The number of nitrogens with zero attached hydrogens (tertiary/aromatic N) is 5. The monoisotopic (exact) mass is 527 g/mol. The van der Waals surface area contributed by atoms with Crippen LogP contribution in [0.5, 0.6) is 5.75 Å². The number of fused-ring (bicyclic) bond motifs is 1. The molecule has 0 radical (unpaired) electrons. The Morgan fingerprint density at radius 2 is 2.21 bits per heavy atom. The van der Waals surface area contributed by atoms with Gasteiger partial charge in [-0.15, -0.1) is 0 Å². The average Bonchev–Trinajstić information content (AvgIpc) is 3.38. The van der Waals surface area contributed by atoms with E-state index in [1.165, 1.54) is 0 Å². The number of nitrogens with one attached hydrogen (secondary N) is 2. The van der Waals surface area contributed by atoms with E-state index >= 15 is 0 Å². The zero-order valence-corrected chi connectivity index (χ0v) is 20.8. The first-order valence-corrected chi connectivity index (χ1v) is 11.7. The third kappa shape index (κ3) is 4.83. The number of carbonyl (C=O) groups is 1. The molecule has 0 aliphatic heterocycles. The number of halogens is 1. The summed E-state index contributed by atoms with van der Waals surface area (Å²) in [5.41, 5.74) is 1.25. The molecule has 0 bridgehead atoms. The predicted molar refractivity (Wildman–Crippen MR) is 130 cm³/mol. The van der Waals surface area contributed by atoms with Crippen molar-refractivity contribution in [2.24, 2.45) is 5.41 Å². The van der Waals surface area contributed by atoms with E-state index in [4.69, 9.17) is 14.5 Å². The maximum Gasteiger partial charge on any atom is 0.225 e. The van der Waals surface area contributed by atoms with Crippen molar-refractivity contribution in [3.05, 3.63) is 34.6 Å². The number of methoxy groups -OCH3 is 1. The number of aromatic nitrogens is 4. The number of carbonyl (C=O) groups excluding carboxylic acids is 1. The number of benzene rings is 1. The van der Waals surface area contributed by atoms with Gasteiger partial charge in [0, 0.05) is 37.9 Å². The van der Waals surface area contributed by atoms with Gasteiger partial charge in [0.2, 0.25) is 11.9 Å². The van der Waals surface area contributed by atoms with Gasteiger partial charge in [-0.2, -0.15) is 15.3 Å². The molecule has 4 rings (SSSR count). The van der Waals surface area contributed by atoms with Crippen LogP contribution in [0.2, 0.25) is 0 Å². The number of rotatable bonds is 8. The highest BCUT2D eigenvalue weighted by atomic mass is 79.9. The largest absolute Gasteiger partial charge is 0.491 e. The molecule has 1 aromatic carbocycles. The molecular formula is C23H26BrN7O3. The molecule has 11 heteroatoms. The van der Waals surface area contributed by atoms with Crippen LogP contribution in [0, 0.1) is 16.7 Å². The van der Waals surface area contributed by atoms with E-state index in [-0.39, 0.29) is 11.9 Å². The maximum atomic E-state index is 12.2. The molecule has 10 nitrogen and oxygen atoms in total. The quantitative estimate of drug-likeness (QED) is 0.427. The van der Waals surface area contributed by atoms with Gasteiger partial charge in [0.1, 0.15) is 17.0 Å². The Kier molecular flexibility index (Phi) is 7.00. The van der Waals surface area contributed by atoms with Gasteiger partial charge in [-0.3, -0.25) is 4.79 Å². The van der Waals surface area contributed by atoms with Gasteiger partial charge in [-0.1, -0.05) is 6.92 Å².